The number of hydrogen-bond acceptors (Lipinski definition) is 2. The van der Waals surface area contributed by atoms with Gasteiger partial charge in [-0.3, -0.25) is 0 Å². The summed E-state index contributed by atoms with van der Waals surface area (Å²) in [4.78, 5) is 0. The van der Waals surface area contributed by atoms with Gasteiger partial charge in [0.15, 0.2) is 0 Å². The van der Waals surface area contributed by atoms with Gasteiger partial charge in [0, 0.05) is 5.56 Å². The molecule has 0 radical (unpaired) electrons. The third kappa shape index (κ3) is 1.61. The van der Waals surface area contributed by atoms with Crippen LogP contribution in [0.25, 0.3) is 11.3 Å². The van der Waals surface area contributed by atoms with Gasteiger partial charge in [-0.1, -0.05) is 16.8 Å². The molecular formula is C9H4Cl2FNO. The molecule has 0 amide bonds. The van der Waals surface area contributed by atoms with E-state index in [-0.39, 0.29) is 16.1 Å². The van der Waals surface area contributed by atoms with Crippen LogP contribution in [0.15, 0.2) is 28.8 Å². The molecule has 14 heavy (non-hydrogen) atoms. The molecule has 1 aromatic heterocycles. The van der Waals surface area contributed by atoms with Crippen LogP contribution in [0.3, 0.4) is 0 Å². The topological polar surface area (TPSA) is 26.0 Å². The van der Waals surface area contributed by atoms with Crippen molar-refractivity contribution in [2.75, 3.05) is 0 Å². The largest absolute Gasteiger partial charge is 0.342 e. The molecule has 0 aliphatic heterocycles. The second-order valence-corrected chi connectivity index (χ2v) is 3.35. The van der Waals surface area contributed by atoms with Crippen LogP contribution in [0.5, 0.6) is 0 Å². The van der Waals surface area contributed by atoms with Gasteiger partial charge < -0.3 is 4.52 Å². The summed E-state index contributed by atoms with van der Waals surface area (Å²) in [6, 6.07) is 5.73. The minimum absolute atomic E-state index is 0.0333. The van der Waals surface area contributed by atoms with Gasteiger partial charge in [-0.15, -0.1) is 0 Å². The zero-order chi connectivity index (χ0) is 10.1. The Kier molecular flexibility index (Phi) is 2.44. The van der Waals surface area contributed by atoms with Gasteiger partial charge in [0.25, 0.3) is 0 Å². The Hall–Kier alpha value is -1.06. The molecule has 0 saturated heterocycles. The number of nitrogens with zero attached hydrogens (tertiary/aromatic N) is 1. The molecular weight excluding hydrogens is 228 g/mol. The molecule has 5 heteroatoms. The summed E-state index contributed by atoms with van der Waals surface area (Å²) in [6.45, 7) is 0. The first-order chi connectivity index (χ1) is 6.68. The van der Waals surface area contributed by atoms with Crippen LogP contribution in [0.4, 0.5) is 4.39 Å². The van der Waals surface area contributed by atoms with Crippen molar-refractivity contribution in [2.24, 2.45) is 0 Å². The van der Waals surface area contributed by atoms with E-state index >= 15 is 0 Å². The van der Waals surface area contributed by atoms with E-state index < -0.39 is 0 Å². The summed E-state index contributed by atoms with van der Waals surface area (Å²) in [5.74, 6) is -0.320. The van der Waals surface area contributed by atoms with Crippen molar-refractivity contribution in [1.82, 2.24) is 5.16 Å². The molecule has 0 unspecified atom stereocenters. The van der Waals surface area contributed by atoms with Gasteiger partial charge in [0.1, 0.15) is 16.5 Å². The highest BCUT2D eigenvalue weighted by Gasteiger charge is 2.13. The fourth-order valence-electron chi connectivity index (χ4n) is 1.05. The van der Waals surface area contributed by atoms with Crippen molar-refractivity contribution < 1.29 is 8.91 Å². The Balaban J connectivity index is 2.49. The SMILES string of the molecule is Fc1ccc(-c2noc(Cl)c2Cl)cc1. The van der Waals surface area contributed by atoms with E-state index in [4.69, 9.17) is 23.2 Å². The van der Waals surface area contributed by atoms with Crippen molar-refractivity contribution in [3.05, 3.63) is 40.3 Å². The highest BCUT2D eigenvalue weighted by molar-refractivity contribution is 6.42. The molecule has 0 atom stereocenters. The maximum Gasteiger partial charge on any atom is 0.245 e. The van der Waals surface area contributed by atoms with Gasteiger partial charge in [-0.2, -0.15) is 0 Å². The predicted octanol–water partition coefficient (Wildman–Crippen LogP) is 3.79. The van der Waals surface area contributed by atoms with Crippen LogP contribution in [0, 0.1) is 5.82 Å². The molecule has 2 nitrogen and oxygen atoms in total. The zero-order valence-corrected chi connectivity index (χ0v) is 8.31. The van der Waals surface area contributed by atoms with Gasteiger partial charge in [0.2, 0.25) is 5.22 Å². The Labute approximate surface area is 89.2 Å². The summed E-state index contributed by atoms with van der Waals surface area (Å²) in [7, 11) is 0. The van der Waals surface area contributed by atoms with Crippen molar-refractivity contribution in [2.45, 2.75) is 0 Å². The third-order valence-electron chi connectivity index (χ3n) is 1.72. The number of halogens is 3. The van der Waals surface area contributed by atoms with Crippen molar-refractivity contribution in [1.29, 1.82) is 0 Å². The average molecular weight is 232 g/mol. The second kappa shape index (κ2) is 3.59. The van der Waals surface area contributed by atoms with E-state index in [1.165, 1.54) is 12.1 Å². The first kappa shape index (κ1) is 9.49. The lowest BCUT2D eigenvalue weighted by Gasteiger charge is -1.95. The van der Waals surface area contributed by atoms with Gasteiger partial charge in [0.05, 0.1) is 0 Å². The van der Waals surface area contributed by atoms with E-state index in [1.54, 1.807) is 12.1 Å². The molecule has 0 aliphatic carbocycles. The molecule has 0 spiro atoms. The number of hydrogen-bond donors (Lipinski definition) is 0. The Morgan fingerprint density at radius 1 is 1.14 bits per heavy atom. The van der Waals surface area contributed by atoms with Crippen LogP contribution in [0.2, 0.25) is 10.2 Å². The molecule has 0 saturated carbocycles. The molecule has 1 heterocycles. The van der Waals surface area contributed by atoms with E-state index in [0.29, 0.717) is 11.3 Å². The summed E-state index contributed by atoms with van der Waals surface area (Å²) in [5.41, 5.74) is 1.07. The predicted molar refractivity (Wildman–Crippen MR) is 51.9 cm³/mol. The minimum atomic E-state index is -0.320. The quantitative estimate of drug-likeness (QED) is 0.747. The highest BCUT2D eigenvalue weighted by Crippen LogP contribution is 2.32. The van der Waals surface area contributed by atoms with Crippen LogP contribution in [-0.2, 0) is 0 Å². The molecule has 72 valence electrons. The number of benzene rings is 1. The lowest BCUT2D eigenvalue weighted by atomic mass is 10.1. The standard InChI is InChI=1S/C9H4Cl2FNO/c10-7-8(13-14-9(7)11)5-1-3-6(12)4-2-5/h1-4H. The zero-order valence-electron chi connectivity index (χ0n) is 6.80. The van der Waals surface area contributed by atoms with Crippen LogP contribution in [-0.4, -0.2) is 5.16 Å². The van der Waals surface area contributed by atoms with Gasteiger partial charge in [-0.25, -0.2) is 4.39 Å². The Morgan fingerprint density at radius 3 is 2.29 bits per heavy atom. The normalized spacial score (nSPS) is 10.5. The molecule has 0 aliphatic rings. The van der Waals surface area contributed by atoms with Crippen molar-refractivity contribution >= 4 is 23.2 Å². The third-order valence-corrected chi connectivity index (χ3v) is 2.42. The number of rotatable bonds is 1. The van der Waals surface area contributed by atoms with Crippen molar-refractivity contribution in [3.63, 3.8) is 0 Å². The maximum absolute atomic E-state index is 12.6. The number of aromatic nitrogens is 1. The fourth-order valence-corrected chi connectivity index (χ4v) is 1.35. The Morgan fingerprint density at radius 2 is 1.79 bits per heavy atom. The molecule has 0 fully saturated rings. The van der Waals surface area contributed by atoms with Crippen LogP contribution < -0.4 is 0 Å². The average Bonchev–Trinajstić information content (AvgIpc) is 2.50. The van der Waals surface area contributed by atoms with E-state index in [1.807, 2.05) is 0 Å². The smallest absolute Gasteiger partial charge is 0.245 e. The lowest BCUT2D eigenvalue weighted by molar-refractivity contribution is 0.424. The van der Waals surface area contributed by atoms with E-state index in [2.05, 4.69) is 9.68 Å². The minimum Gasteiger partial charge on any atom is -0.342 e. The van der Waals surface area contributed by atoms with Crippen molar-refractivity contribution in [3.8, 4) is 11.3 Å². The molecule has 0 N–H and O–H groups in total. The summed E-state index contributed by atoms with van der Waals surface area (Å²) >= 11 is 11.4. The molecule has 2 aromatic rings. The molecule has 2 rings (SSSR count). The first-order valence-corrected chi connectivity index (χ1v) is 4.50. The first-order valence-electron chi connectivity index (χ1n) is 3.75. The summed E-state index contributed by atoms with van der Waals surface area (Å²) < 4.78 is 17.3. The highest BCUT2D eigenvalue weighted by atomic mass is 35.5. The van der Waals surface area contributed by atoms with E-state index in [9.17, 15) is 4.39 Å². The Bertz CT molecular complexity index is 452. The van der Waals surface area contributed by atoms with Gasteiger partial charge >= 0.3 is 0 Å². The van der Waals surface area contributed by atoms with Crippen LogP contribution in [0.1, 0.15) is 0 Å². The van der Waals surface area contributed by atoms with Crippen LogP contribution >= 0.6 is 23.2 Å². The molecule has 1 aromatic carbocycles. The van der Waals surface area contributed by atoms with E-state index in [0.717, 1.165) is 0 Å². The lowest BCUT2D eigenvalue weighted by Crippen LogP contribution is -1.79. The second-order valence-electron chi connectivity index (χ2n) is 2.63. The maximum atomic E-state index is 12.6. The fraction of sp³-hybridized carbons (Fsp3) is 0. The molecule has 0 bridgehead atoms. The van der Waals surface area contributed by atoms with Gasteiger partial charge in [-0.05, 0) is 35.9 Å². The summed E-state index contributed by atoms with van der Waals surface area (Å²) in [5, 5.41) is 3.92. The summed E-state index contributed by atoms with van der Waals surface area (Å²) in [6.07, 6.45) is 0. The monoisotopic (exact) mass is 231 g/mol.